The first kappa shape index (κ1) is 15.4. The third-order valence-electron chi connectivity index (χ3n) is 2.35. The zero-order chi connectivity index (χ0) is 13.6. The maximum atomic E-state index is 12.3. The Morgan fingerprint density at radius 3 is 2.39 bits per heavy atom. The average molecular weight is 294 g/mol. The number of ether oxygens (including phenoxy) is 1. The molecule has 1 N–H and O–H groups in total. The molecular weight excluding hydrogens is 278 g/mol. The van der Waals surface area contributed by atoms with Gasteiger partial charge in [0.2, 0.25) is 10.0 Å². The maximum absolute atomic E-state index is 12.3. The number of rotatable bonds is 7. The van der Waals surface area contributed by atoms with E-state index in [4.69, 9.17) is 21.4 Å². The van der Waals surface area contributed by atoms with Crippen molar-refractivity contribution in [3.8, 4) is 0 Å². The molecule has 0 saturated heterocycles. The van der Waals surface area contributed by atoms with Gasteiger partial charge in [-0.2, -0.15) is 4.31 Å². The van der Waals surface area contributed by atoms with Gasteiger partial charge in [-0.15, -0.1) is 0 Å². The van der Waals surface area contributed by atoms with Crippen molar-refractivity contribution in [1.29, 1.82) is 0 Å². The molecule has 1 rings (SSSR count). The van der Waals surface area contributed by atoms with Crippen LogP contribution in [0.25, 0.3) is 0 Å². The van der Waals surface area contributed by atoms with E-state index in [0.29, 0.717) is 5.02 Å². The highest BCUT2D eigenvalue weighted by Crippen LogP contribution is 2.18. The Hall–Kier alpha value is -0.660. The van der Waals surface area contributed by atoms with E-state index in [1.807, 2.05) is 0 Å². The number of benzene rings is 1. The van der Waals surface area contributed by atoms with E-state index in [9.17, 15) is 8.42 Å². The van der Waals surface area contributed by atoms with Gasteiger partial charge in [-0.25, -0.2) is 8.42 Å². The molecule has 0 aliphatic carbocycles. The van der Waals surface area contributed by atoms with Crippen LogP contribution in [0.3, 0.4) is 0 Å². The zero-order valence-corrected chi connectivity index (χ0v) is 11.6. The number of aliphatic hydroxyl groups excluding tert-OH is 1. The van der Waals surface area contributed by atoms with Gasteiger partial charge in [0, 0.05) is 25.2 Å². The van der Waals surface area contributed by atoms with Gasteiger partial charge in [-0.3, -0.25) is 0 Å². The first-order valence-electron chi connectivity index (χ1n) is 5.38. The fraction of sp³-hybridized carbons (Fsp3) is 0.455. The Kier molecular flexibility index (Phi) is 6.04. The Morgan fingerprint density at radius 1 is 1.28 bits per heavy atom. The van der Waals surface area contributed by atoms with Gasteiger partial charge in [-0.1, -0.05) is 11.6 Å². The second-order valence-corrected chi connectivity index (χ2v) is 5.95. The summed E-state index contributed by atoms with van der Waals surface area (Å²) in [6.45, 7) is 0.264. The van der Waals surface area contributed by atoms with E-state index >= 15 is 0 Å². The van der Waals surface area contributed by atoms with Crippen LogP contribution in [-0.2, 0) is 14.8 Å². The number of sulfonamides is 1. The Labute approximate surface area is 112 Å². The van der Waals surface area contributed by atoms with E-state index in [0.717, 1.165) is 0 Å². The van der Waals surface area contributed by atoms with Gasteiger partial charge in [-0.05, 0) is 24.3 Å². The van der Waals surface area contributed by atoms with Crippen LogP contribution >= 0.6 is 11.6 Å². The molecule has 0 aromatic heterocycles. The normalized spacial score (nSPS) is 12.0. The summed E-state index contributed by atoms with van der Waals surface area (Å²) < 4.78 is 30.6. The van der Waals surface area contributed by atoms with Crippen LogP contribution in [-0.4, -0.2) is 51.2 Å². The number of hydrogen-bond donors (Lipinski definition) is 1. The number of aliphatic hydroxyl groups is 1. The zero-order valence-electron chi connectivity index (χ0n) is 10.0. The highest BCUT2D eigenvalue weighted by molar-refractivity contribution is 7.89. The molecule has 18 heavy (non-hydrogen) atoms. The smallest absolute Gasteiger partial charge is 0.243 e. The standard InChI is InChI=1S/C11H16ClNO4S/c1-17-9-7-13(6-8-14)18(15,16)11-4-2-10(12)3-5-11/h2-5,14H,6-9H2,1H3. The summed E-state index contributed by atoms with van der Waals surface area (Å²) in [7, 11) is -2.13. The molecule has 0 amide bonds. The molecule has 0 heterocycles. The van der Waals surface area contributed by atoms with Crippen LogP contribution in [0.1, 0.15) is 0 Å². The van der Waals surface area contributed by atoms with Crippen LogP contribution in [0.5, 0.6) is 0 Å². The van der Waals surface area contributed by atoms with Crippen LogP contribution < -0.4 is 0 Å². The van der Waals surface area contributed by atoms with Crippen molar-refractivity contribution in [2.75, 3.05) is 33.4 Å². The number of halogens is 1. The monoisotopic (exact) mass is 293 g/mol. The van der Waals surface area contributed by atoms with Crippen molar-refractivity contribution in [2.24, 2.45) is 0 Å². The van der Waals surface area contributed by atoms with Gasteiger partial charge >= 0.3 is 0 Å². The minimum absolute atomic E-state index is 0.0360. The second kappa shape index (κ2) is 7.06. The average Bonchev–Trinajstić information content (AvgIpc) is 2.35. The lowest BCUT2D eigenvalue weighted by Crippen LogP contribution is -2.36. The number of nitrogens with zero attached hydrogens (tertiary/aromatic N) is 1. The minimum Gasteiger partial charge on any atom is -0.395 e. The van der Waals surface area contributed by atoms with Crippen molar-refractivity contribution in [3.63, 3.8) is 0 Å². The van der Waals surface area contributed by atoms with Gasteiger partial charge in [0.1, 0.15) is 0 Å². The van der Waals surface area contributed by atoms with Gasteiger partial charge in [0.25, 0.3) is 0 Å². The Morgan fingerprint density at radius 2 is 1.89 bits per heavy atom. The molecule has 0 radical (unpaired) electrons. The largest absolute Gasteiger partial charge is 0.395 e. The van der Waals surface area contributed by atoms with E-state index in [-0.39, 0.29) is 31.2 Å². The minimum atomic E-state index is -3.62. The highest BCUT2D eigenvalue weighted by Gasteiger charge is 2.23. The van der Waals surface area contributed by atoms with Gasteiger partial charge in [0.15, 0.2) is 0 Å². The maximum Gasteiger partial charge on any atom is 0.243 e. The SMILES string of the molecule is COCCN(CCO)S(=O)(=O)c1ccc(Cl)cc1. The molecule has 0 aliphatic heterocycles. The second-order valence-electron chi connectivity index (χ2n) is 3.57. The predicted molar refractivity (Wildman–Crippen MR) is 69.2 cm³/mol. The third kappa shape index (κ3) is 3.93. The number of methoxy groups -OCH3 is 1. The fourth-order valence-electron chi connectivity index (χ4n) is 1.41. The molecule has 1 aromatic rings. The summed E-state index contributed by atoms with van der Waals surface area (Å²) in [5.74, 6) is 0. The van der Waals surface area contributed by atoms with Crippen molar-refractivity contribution >= 4 is 21.6 Å². The van der Waals surface area contributed by atoms with Crippen molar-refractivity contribution in [3.05, 3.63) is 29.3 Å². The summed E-state index contributed by atoms with van der Waals surface area (Å²) in [4.78, 5) is 0.149. The first-order valence-corrected chi connectivity index (χ1v) is 7.19. The third-order valence-corrected chi connectivity index (χ3v) is 4.51. The molecule has 0 atom stereocenters. The summed E-state index contributed by atoms with van der Waals surface area (Å²) in [5, 5.41) is 9.39. The van der Waals surface area contributed by atoms with Crippen molar-refractivity contribution < 1.29 is 18.3 Å². The summed E-state index contributed by atoms with van der Waals surface area (Å²) >= 11 is 5.72. The molecule has 0 spiro atoms. The fourth-order valence-corrected chi connectivity index (χ4v) is 2.95. The van der Waals surface area contributed by atoms with Crippen molar-refractivity contribution in [1.82, 2.24) is 4.31 Å². The summed E-state index contributed by atoms with van der Waals surface area (Å²) in [6, 6.07) is 5.91. The Bertz CT molecular complexity index is 460. The van der Waals surface area contributed by atoms with Crippen LogP contribution in [0, 0.1) is 0 Å². The van der Waals surface area contributed by atoms with Crippen LogP contribution in [0.2, 0.25) is 5.02 Å². The van der Waals surface area contributed by atoms with Crippen molar-refractivity contribution in [2.45, 2.75) is 4.90 Å². The summed E-state index contributed by atoms with van der Waals surface area (Å²) in [5.41, 5.74) is 0. The first-order chi connectivity index (χ1) is 8.52. The van der Waals surface area contributed by atoms with Gasteiger partial charge in [0.05, 0.1) is 18.1 Å². The predicted octanol–water partition coefficient (Wildman–Crippen LogP) is 0.969. The molecule has 0 saturated carbocycles. The lowest BCUT2D eigenvalue weighted by Gasteiger charge is -2.20. The number of hydrogen-bond acceptors (Lipinski definition) is 4. The Balaban J connectivity index is 2.96. The van der Waals surface area contributed by atoms with Crippen LogP contribution in [0.4, 0.5) is 0 Å². The lowest BCUT2D eigenvalue weighted by molar-refractivity contribution is 0.168. The molecule has 102 valence electrons. The molecule has 0 bridgehead atoms. The molecule has 5 nitrogen and oxygen atoms in total. The van der Waals surface area contributed by atoms with E-state index in [1.54, 1.807) is 0 Å². The van der Waals surface area contributed by atoms with E-state index < -0.39 is 10.0 Å². The molecule has 1 aromatic carbocycles. The quantitative estimate of drug-likeness (QED) is 0.813. The molecule has 0 aliphatic rings. The molecule has 7 heteroatoms. The van der Waals surface area contributed by atoms with Crippen LogP contribution in [0.15, 0.2) is 29.2 Å². The molecule has 0 fully saturated rings. The molecule has 0 unspecified atom stereocenters. The lowest BCUT2D eigenvalue weighted by atomic mass is 10.4. The van der Waals surface area contributed by atoms with E-state index in [1.165, 1.54) is 35.7 Å². The molecular formula is C11H16ClNO4S. The van der Waals surface area contributed by atoms with Gasteiger partial charge < -0.3 is 9.84 Å². The summed E-state index contributed by atoms with van der Waals surface area (Å²) in [6.07, 6.45) is 0. The highest BCUT2D eigenvalue weighted by atomic mass is 35.5. The van der Waals surface area contributed by atoms with E-state index in [2.05, 4.69) is 0 Å². The topological polar surface area (TPSA) is 66.8 Å².